The van der Waals surface area contributed by atoms with E-state index in [-0.39, 0.29) is 12.8 Å². The Bertz CT molecular complexity index is 180. The quantitative estimate of drug-likeness (QED) is 0.340. The zero-order valence-electron chi connectivity index (χ0n) is 7.34. The van der Waals surface area contributed by atoms with E-state index in [9.17, 15) is 14.4 Å². The van der Waals surface area contributed by atoms with Gasteiger partial charge < -0.3 is 9.59 Å². The SMILES string of the molecule is [NH]C(=O)CCCC([C-]=O)[C-]=O.[O]=[Ag].[O]=[Ag]. The van der Waals surface area contributed by atoms with Crippen molar-refractivity contribution in [2.45, 2.75) is 19.3 Å². The first-order valence-electron chi connectivity index (χ1n) is 3.45. The summed E-state index contributed by atoms with van der Waals surface area (Å²) in [6.45, 7) is 0. The fourth-order valence-corrected chi connectivity index (χ4v) is 0.609. The van der Waals surface area contributed by atoms with Crippen molar-refractivity contribution in [2.24, 2.45) is 5.92 Å². The molecule has 0 unspecified atom stereocenters. The Labute approximate surface area is 112 Å². The van der Waals surface area contributed by atoms with Crippen LogP contribution in [0.4, 0.5) is 0 Å². The van der Waals surface area contributed by atoms with Crippen molar-refractivity contribution < 1.29 is 63.0 Å². The summed E-state index contributed by atoms with van der Waals surface area (Å²) in [4.78, 5) is 29.9. The van der Waals surface area contributed by atoms with Crippen LogP contribution in [0.5, 0.6) is 0 Å². The summed E-state index contributed by atoms with van der Waals surface area (Å²) in [5.74, 6) is -1.53. The molecule has 0 rings (SSSR count). The zero-order valence-corrected chi connectivity index (χ0v) is 10.3. The topological polar surface area (TPSA) is 109 Å². The van der Waals surface area contributed by atoms with Gasteiger partial charge >= 0.3 is 48.6 Å². The van der Waals surface area contributed by atoms with Crippen LogP contribution >= 0.6 is 0 Å². The van der Waals surface area contributed by atoms with Gasteiger partial charge in [-0.1, -0.05) is 6.42 Å². The van der Waals surface area contributed by atoms with Crippen LogP contribution in [0.1, 0.15) is 19.3 Å². The predicted octanol–water partition coefficient (Wildman–Crippen LogP) is -0.441. The zero-order chi connectivity index (χ0) is 12.7. The molecule has 0 saturated carbocycles. The second kappa shape index (κ2) is 19.5. The van der Waals surface area contributed by atoms with Gasteiger partial charge in [-0.15, -0.1) is 0 Å². The molecule has 95 valence electrons. The molecule has 1 N–H and O–H groups in total. The van der Waals surface area contributed by atoms with Crippen molar-refractivity contribution in [1.29, 1.82) is 0 Å². The van der Waals surface area contributed by atoms with E-state index < -0.39 is 11.8 Å². The second-order valence-corrected chi connectivity index (χ2v) is 2.10. The van der Waals surface area contributed by atoms with Crippen molar-refractivity contribution in [1.82, 2.24) is 5.73 Å². The van der Waals surface area contributed by atoms with Crippen molar-refractivity contribution in [3.05, 3.63) is 0 Å². The van der Waals surface area contributed by atoms with Gasteiger partial charge in [-0.05, 0) is 6.42 Å². The van der Waals surface area contributed by atoms with Gasteiger partial charge in [-0.2, -0.15) is 0 Å². The number of carbonyl (C=O) groups excluding carboxylic acids is 3. The second-order valence-electron chi connectivity index (χ2n) is 2.10. The Morgan fingerprint density at radius 3 is 1.80 bits per heavy atom. The number of hydrogen-bond donors (Lipinski definition) is 0. The van der Waals surface area contributed by atoms with Gasteiger partial charge in [0.25, 0.3) is 0 Å². The van der Waals surface area contributed by atoms with E-state index in [0.717, 1.165) is 0 Å². The summed E-state index contributed by atoms with van der Waals surface area (Å²) in [6, 6.07) is 0. The molecule has 15 heavy (non-hydrogen) atoms. The average Bonchev–Trinajstić information content (AvgIpc) is 2.29. The monoisotopic (exact) mass is 400 g/mol. The molecule has 0 heterocycles. The van der Waals surface area contributed by atoms with Crippen molar-refractivity contribution >= 4 is 18.5 Å². The van der Waals surface area contributed by atoms with Crippen molar-refractivity contribution in [2.75, 3.05) is 0 Å². The molecule has 0 aliphatic rings. The third kappa shape index (κ3) is 20.1. The van der Waals surface area contributed by atoms with Gasteiger partial charge in [0.2, 0.25) is 5.91 Å². The van der Waals surface area contributed by atoms with E-state index in [2.05, 4.69) is 0 Å². The number of hydrogen-bond acceptors (Lipinski definition) is 5. The molecule has 6 nitrogen and oxygen atoms in total. The fraction of sp³-hybridized carbons (Fsp3) is 0.571. The van der Waals surface area contributed by atoms with Crippen LogP contribution in [0.15, 0.2) is 0 Å². The summed E-state index contributed by atoms with van der Waals surface area (Å²) < 4.78 is 16.1. The molecule has 0 aliphatic heterocycles. The van der Waals surface area contributed by atoms with Crippen LogP contribution in [0, 0.1) is 5.92 Å². The Hall–Kier alpha value is -0.109. The number of rotatable bonds is 6. The summed E-state index contributed by atoms with van der Waals surface area (Å²) in [5, 5.41) is 0. The number of amides is 1. The molecule has 0 spiro atoms. The van der Waals surface area contributed by atoms with Crippen LogP contribution in [0.3, 0.4) is 0 Å². The van der Waals surface area contributed by atoms with Crippen molar-refractivity contribution in [3.63, 3.8) is 0 Å². The molecule has 0 aliphatic carbocycles. The summed E-state index contributed by atoms with van der Waals surface area (Å²) in [5.41, 5.74) is 6.50. The van der Waals surface area contributed by atoms with Gasteiger partial charge in [0.15, 0.2) is 0 Å². The molecule has 1 radical (unpaired) electrons. The van der Waals surface area contributed by atoms with Crippen LogP contribution in [0.25, 0.3) is 0 Å². The first kappa shape index (κ1) is 20.3. The van der Waals surface area contributed by atoms with Gasteiger partial charge in [0.05, 0.1) is 0 Å². The van der Waals surface area contributed by atoms with Crippen LogP contribution < -0.4 is 5.73 Å². The molecule has 0 aromatic heterocycles. The van der Waals surface area contributed by atoms with Gasteiger partial charge in [0.1, 0.15) is 0 Å². The fourth-order valence-electron chi connectivity index (χ4n) is 0.609. The molecule has 8 heteroatoms. The molecule has 0 aromatic rings. The Kier molecular flexibility index (Phi) is 26.4. The molecular formula is C7H8Ag2NO5-2. The molecule has 1 amide bonds. The first-order valence-corrected chi connectivity index (χ1v) is 4.66. The van der Waals surface area contributed by atoms with E-state index in [1.807, 2.05) is 0 Å². The van der Waals surface area contributed by atoms with E-state index in [4.69, 9.17) is 12.2 Å². The maximum absolute atomic E-state index is 10.1. The van der Waals surface area contributed by atoms with Crippen molar-refractivity contribution in [3.8, 4) is 0 Å². The summed E-state index contributed by atoms with van der Waals surface area (Å²) in [7, 11) is 0. The van der Waals surface area contributed by atoms with Gasteiger partial charge in [0, 0.05) is 6.42 Å². The minimum absolute atomic E-state index is 0.0832. The minimum atomic E-state index is -0.852. The van der Waals surface area contributed by atoms with E-state index >= 15 is 0 Å². The Morgan fingerprint density at radius 1 is 1.13 bits per heavy atom. The van der Waals surface area contributed by atoms with E-state index in [0.29, 0.717) is 6.42 Å². The molecule has 0 atom stereocenters. The first-order chi connectivity index (χ1) is 7.20. The van der Waals surface area contributed by atoms with Gasteiger partial charge in [-0.3, -0.25) is 23.1 Å². The van der Waals surface area contributed by atoms with E-state index in [1.165, 1.54) is 12.6 Å². The van der Waals surface area contributed by atoms with Crippen LogP contribution in [0.2, 0.25) is 0 Å². The summed E-state index contributed by atoms with van der Waals surface area (Å²) in [6.07, 6.45) is 3.68. The third-order valence-electron chi connectivity index (χ3n) is 1.18. The average molecular weight is 402 g/mol. The maximum atomic E-state index is 10.1. The van der Waals surface area contributed by atoms with E-state index in [1.54, 1.807) is 42.1 Å². The molecular weight excluding hydrogens is 394 g/mol. The summed E-state index contributed by atoms with van der Waals surface area (Å²) >= 11 is 3.40. The molecule has 0 aromatic carbocycles. The Balaban J connectivity index is -0.000000318. The predicted molar refractivity (Wildman–Crippen MR) is 38.2 cm³/mol. The van der Waals surface area contributed by atoms with Crippen LogP contribution in [-0.4, -0.2) is 18.5 Å². The number of nitrogens with one attached hydrogen (secondary N) is 1. The standard InChI is InChI=1S/C7H8NO3.2Ag.2O/c8-7(11)3-1-2-6(4-9)5-10;;;;/h6,8H,1-3H2;;;;/q-2;;;;. The number of carbonyl (C=O) groups is 1. The third-order valence-corrected chi connectivity index (χ3v) is 1.18. The molecule has 0 bridgehead atoms. The normalized spacial score (nSPS) is 7.80. The Morgan fingerprint density at radius 2 is 1.53 bits per heavy atom. The van der Waals surface area contributed by atoms with Crippen LogP contribution in [-0.2, 0) is 63.0 Å². The molecule has 0 fully saturated rings. The van der Waals surface area contributed by atoms with Gasteiger partial charge in [-0.25, -0.2) is 5.92 Å². The molecule has 0 saturated heterocycles.